The van der Waals surface area contributed by atoms with Gasteiger partial charge in [-0.05, 0) is 24.6 Å². The van der Waals surface area contributed by atoms with E-state index in [-0.39, 0.29) is 24.7 Å². The van der Waals surface area contributed by atoms with Crippen molar-refractivity contribution in [1.82, 2.24) is 20.5 Å². The molecule has 118 valence electrons. The maximum atomic E-state index is 12.8. The average molecular weight is 332 g/mol. The van der Waals surface area contributed by atoms with Gasteiger partial charge >= 0.3 is 0 Å². The Labute approximate surface area is 135 Å². The lowest BCUT2D eigenvalue weighted by atomic mass is 10.1. The summed E-state index contributed by atoms with van der Waals surface area (Å²) in [5.41, 5.74) is 3.26. The largest absolute Gasteiger partial charge is 0.418 e. The quantitative estimate of drug-likeness (QED) is 0.776. The van der Waals surface area contributed by atoms with Gasteiger partial charge in [-0.25, -0.2) is 9.37 Å². The first-order valence-corrected chi connectivity index (χ1v) is 7.74. The predicted molar refractivity (Wildman–Crippen MR) is 82.1 cm³/mol. The summed E-state index contributed by atoms with van der Waals surface area (Å²) in [4.78, 5) is 16.8. The van der Waals surface area contributed by atoms with Crippen LogP contribution in [0.15, 0.2) is 34.2 Å². The molecule has 0 aliphatic rings. The van der Waals surface area contributed by atoms with Crippen molar-refractivity contribution in [3.05, 3.63) is 52.7 Å². The highest BCUT2D eigenvalue weighted by molar-refractivity contribution is 7.13. The minimum atomic E-state index is -0.328. The first-order valence-electron chi connectivity index (χ1n) is 6.86. The zero-order chi connectivity index (χ0) is 16.2. The van der Waals surface area contributed by atoms with Crippen LogP contribution in [0.3, 0.4) is 0 Å². The van der Waals surface area contributed by atoms with Gasteiger partial charge < -0.3 is 9.73 Å². The van der Waals surface area contributed by atoms with Crippen molar-refractivity contribution in [1.29, 1.82) is 0 Å². The first-order chi connectivity index (χ1) is 11.1. The van der Waals surface area contributed by atoms with E-state index in [0.717, 1.165) is 16.1 Å². The van der Waals surface area contributed by atoms with Crippen LogP contribution in [0.4, 0.5) is 4.39 Å². The number of halogens is 1. The molecule has 1 aromatic carbocycles. The fourth-order valence-electron chi connectivity index (χ4n) is 1.95. The third kappa shape index (κ3) is 3.78. The molecule has 2 aromatic heterocycles. The number of aromatic nitrogens is 3. The van der Waals surface area contributed by atoms with Gasteiger partial charge in [0.25, 0.3) is 5.89 Å². The Morgan fingerprint density at radius 3 is 2.78 bits per heavy atom. The summed E-state index contributed by atoms with van der Waals surface area (Å²) in [6, 6.07) is 5.80. The molecule has 0 spiro atoms. The molecule has 0 radical (unpaired) electrons. The van der Waals surface area contributed by atoms with Crippen molar-refractivity contribution in [2.75, 3.05) is 0 Å². The Kier molecular flexibility index (Phi) is 4.42. The fourth-order valence-corrected chi connectivity index (χ4v) is 2.67. The van der Waals surface area contributed by atoms with Gasteiger partial charge in [0.05, 0.1) is 24.2 Å². The smallest absolute Gasteiger partial charge is 0.259 e. The fraction of sp³-hybridized carbons (Fsp3) is 0.200. The third-order valence-corrected chi connectivity index (χ3v) is 4.04. The van der Waals surface area contributed by atoms with Crippen LogP contribution in [0.1, 0.15) is 17.1 Å². The van der Waals surface area contributed by atoms with Crippen LogP contribution in [0.2, 0.25) is 0 Å². The second kappa shape index (κ2) is 6.66. The van der Waals surface area contributed by atoms with E-state index in [0.29, 0.717) is 11.8 Å². The molecule has 8 heteroatoms. The van der Waals surface area contributed by atoms with Crippen LogP contribution in [0, 0.1) is 12.7 Å². The maximum absolute atomic E-state index is 12.8. The highest BCUT2D eigenvalue weighted by Gasteiger charge is 2.13. The Balaban J connectivity index is 1.56. The number of rotatable bonds is 5. The standard InChI is InChI=1S/C15H13FN4O2S/c1-9-14(23-8-18-9)15-20-19-13(22-15)7-17-12(21)6-10-2-4-11(16)5-3-10/h2-5,8H,6-7H2,1H3,(H,17,21). The van der Waals surface area contributed by atoms with Crippen LogP contribution in [0.25, 0.3) is 10.8 Å². The number of thiazole rings is 1. The Morgan fingerprint density at radius 2 is 2.09 bits per heavy atom. The molecular formula is C15H13FN4O2S. The van der Waals surface area contributed by atoms with E-state index in [1.54, 1.807) is 17.6 Å². The zero-order valence-corrected chi connectivity index (χ0v) is 13.1. The topological polar surface area (TPSA) is 80.9 Å². The number of aryl methyl sites for hydroxylation is 1. The summed E-state index contributed by atoms with van der Waals surface area (Å²) in [5.74, 6) is 0.185. The van der Waals surface area contributed by atoms with Crippen LogP contribution in [-0.2, 0) is 17.8 Å². The average Bonchev–Trinajstić information content (AvgIpc) is 3.16. The monoisotopic (exact) mass is 332 g/mol. The van der Waals surface area contributed by atoms with Crippen LogP contribution < -0.4 is 5.32 Å². The maximum Gasteiger partial charge on any atom is 0.259 e. The number of hydrogen-bond acceptors (Lipinski definition) is 6. The summed E-state index contributed by atoms with van der Waals surface area (Å²) in [6.45, 7) is 2.01. The van der Waals surface area contributed by atoms with Crippen LogP contribution >= 0.6 is 11.3 Å². The number of hydrogen-bond donors (Lipinski definition) is 1. The molecule has 0 fully saturated rings. The van der Waals surface area contributed by atoms with Gasteiger partial charge in [0.15, 0.2) is 0 Å². The van der Waals surface area contributed by atoms with Crippen molar-refractivity contribution in [3.63, 3.8) is 0 Å². The van der Waals surface area contributed by atoms with Crippen molar-refractivity contribution in [3.8, 4) is 10.8 Å². The molecular weight excluding hydrogens is 319 g/mol. The molecule has 3 aromatic rings. The summed E-state index contributed by atoms with van der Waals surface area (Å²) >= 11 is 1.42. The van der Waals surface area contributed by atoms with E-state index in [1.807, 2.05) is 6.92 Å². The molecule has 0 aliphatic heterocycles. The number of carbonyl (C=O) groups excluding carboxylic acids is 1. The molecule has 3 rings (SSSR count). The van der Waals surface area contributed by atoms with Gasteiger partial charge in [-0.1, -0.05) is 12.1 Å². The number of carbonyl (C=O) groups is 1. The second-order valence-electron chi connectivity index (χ2n) is 4.85. The minimum Gasteiger partial charge on any atom is -0.418 e. The van der Waals surface area contributed by atoms with Gasteiger partial charge in [-0.15, -0.1) is 21.5 Å². The molecule has 23 heavy (non-hydrogen) atoms. The highest BCUT2D eigenvalue weighted by Crippen LogP contribution is 2.25. The van der Waals surface area contributed by atoms with Crippen LogP contribution in [0.5, 0.6) is 0 Å². The van der Waals surface area contributed by atoms with E-state index in [4.69, 9.17) is 4.42 Å². The van der Waals surface area contributed by atoms with Gasteiger partial charge in [0.1, 0.15) is 10.7 Å². The Bertz CT molecular complexity index is 813. The second-order valence-corrected chi connectivity index (χ2v) is 5.70. The molecule has 0 atom stereocenters. The SMILES string of the molecule is Cc1ncsc1-c1nnc(CNC(=O)Cc2ccc(F)cc2)o1. The lowest BCUT2D eigenvalue weighted by Gasteiger charge is -2.02. The van der Waals surface area contributed by atoms with Crippen molar-refractivity contribution >= 4 is 17.2 Å². The van der Waals surface area contributed by atoms with E-state index in [2.05, 4.69) is 20.5 Å². The number of amides is 1. The third-order valence-electron chi connectivity index (χ3n) is 3.12. The molecule has 0 saturated heterocycles. The molecule has 0 aliphatic carbocycles. The summed E-state index contributed by atoms with van der Waals surface area (Å²) < 4.78 is 18.3. The Morgan fingerprint density at radius 1 is 1.30 bits per heavy atom. The van der Waals surface area contributed by atoms with Gasteiger partial charge in [-0.2, -0.15) is 0 Å². The highest BCUT2D eigenvalue weighted by atomic mass is 32.1. The number of benzene rings is 1. The number of nitrogens with one attached hydrogen (secondary N) is 1. The van der Waals surface area contributed by atoms with Gasteiger partial charge in [0.2, 0.25) is 11.8 Å². The molecule has 1 amide bonds. The lowest BCUT2D eigenvalue weighted by Crippen LogP contribution is -2.24. The molecule has 6 nitrogen and oxygen atoms in total. The molecule has 2 heterocycles. The van der Waals surface area contributed by atoms with E-state index in [9.17, 15) is 9.18 Å². The van der Waals surface area contributed by atoms with Gasteiger partial charge in [-0.3, -0.25) is 4.79 Å². The molecule has 0 unspecified atom stereocenters. The van der Waals surface area contributed by atoms with Crippen molar-refractivity contribution in [2.45, 2.75) is 19.9 Å². The van der Waals surface area contributed by atoms with Crippen molar-refractivity contribution in [2.24, 2.45) is 0 Å². The molecule has 1 N–H and O–H groups in total. The minimum absolute atomic E-state index is 0.144. The summed E-state index contributed by atoms with van der Waals surface area (Å²) in [6.07, 6.45) is 0.162. The lowest BCUT2D eigenvalue weighted by molar-refractivity contribution is -0.120. The van der Waals surface area contributed by atoms with Gasteiger partial charge in [0, 0.05) is 0 Å². The van der Waals surface area contributed by atoms with E-state index >= 15 is 0 Å². The summed E-state index contributed by atoms with van der Waals surface area (Å²) in [7, 11) is 0. The van der Waals surface area contributed by atoms with E-state index in [1.165, 1.54) is 23.5 Å². The number of nitrogens with zero attached hydrogens (tertiary/aromatic N) is 3. The Hall–Kier alpha value is -2.61. The first kappa shape index (κ1) is 15.3. The van der Waals surface area contributed by atoms with E-state index < -0.39 is 0 Å². The predicted octanol–water partition coefficient (Wildman–Crippen LogP) is 2.50. The molecule has 0 saturated carbocycles. The zero-order valence-electron chi connectivity index (χ0n) is 12.2. The molecule has 0 bridgehead atoms. The van der Waals surface area contributed by atoms with Crippen LogP contribution in [-0.4, -0.2) is 21.1 Å². The summed E-state index contributed by atoms with van der Waals surface area (Å²) in [5, 5.41) is 10.5. The normalized spacial score (nSPS) is 10.7. The van der Waals surface area contributed by atoms with Crippen molar-refractivity contribution < 1.29 is 13.6 Å².